The van der Waals surface area contributed by atoms with Crippen molar-refractivity contribution >= 4 is 11.9 Å². The van der Waals surface area contributed by atoms with Crippen molar-refractivity contribution in [3.05, 3.63) is 6.42 Å². The van der Waals surface area contributed by atoms with Gasteiger partial charge in [0.1, 0.15) is 0 Å². The highest BCUT2D eigenvalue weighted by Crippen LogP contribution is 1.98. The second-order valence-electron chi connectivity index (χ2n) is 2.30. The smallest absolute Gasteiger partial charge is 0.309 e. The normalized spacial score (nSPS) is 9.38. The van der Waals surface area contributed by atoms with Crippen molar-refractivity contribution < 1.29 is 19.1 Å². The van der Waals surface area contributed by atoms with Gasteiger partial charge in [-0.15, -0.1) is 0 Å². The summed E-state index contributed by atoms with van der Waals surface area (Å²) in [4.78, 5) is 21.5. The minimum absolute atomic E-state index is 0.229. The van der Waals surface area contributed by atoms with Gasteiger partial charge in [-0.05, 0) is 20.3 Å². The molecule has 0 unspecified atom stereocenters. The maximum absolute atomic E-state index is 10.8. The van der Waals surface area contributed by atoms with Crippen LogP contribution < -0.4 is 0 Å². The molecule has 0 saturated carbocycles. The monoisotopic (exact) mass is 187 g/mol. The van der Waals surface area contributed by atoms with E-state index in [-0.39, 0.29) is 18.4 Å². The first-order chi connectivity index (χ1) is 6.20. The molecule has 0 aliphatic rings. The van der Waals surface area contributed by atoms with E-state index >= 15 is 0 Å². The number of carbonyl (C=O) groups is 2. The number of ether oxygens (including phenoxy) is 2. The largest absolute Gasteiger partial charge is 0.466 e. The van der Waals surface area contributed by atoms with Gasteiger partial charge < -0.3 is 9.47 Å². The number of hydrogen-bond donors (Lipinski definition) is 0. The van der Waals surface area contributed by atoms with Crippen LogP contribution in [-0.2, 0) is 19.1 Å². The lowest BCUT2D eigenvalue weighted by atomic mass is 10.2. The summed E-state index contributed by atoms with van der Waals surface area (Å²) in [6.45, 7) is 4.21. The van der Waals surface area contributed by atoms with Gasteiger partial charge in [0, 0.05) is 6.42 Å². The Bertz CT molecular complexity index is 147. The van der Waals surface area contributed by atoms with Gasteiger partial charge in [0.15, 0.2) is 0 Å². The molecular weight excluding hydrogens is 172 g/mol. The number of esters is 2. The molecule has 4 heteroatoms. The summed E-state index contributed by atoms with van der Waals surface area (Å²) in [5.74, 6) is -0.671. The molecule has 0 aliphatic heterocycles. The Balaban J connectivity index is 3.33. The molecule has 0 spiro atoms. The maximum Gasteiger partial charge on any atom is 0.309 e. The lowest BCUT2D eigenvalue weighted by molar-refractivity contribution is -0.143. The molecule has 75 valence electrons. The van der Waals surface area contributed by atoms with Crippen molar-refractivity contribution in [2.75, 3.05) is 13.2 Å². The molecule has 0 N–H and O–H groups in total. The van der Waals surface area contributed by atoms with E-state index in [1.165, 1.54) is 6.42 Å². The van der Waals surface area contributed by atoms with E-state index in [4.69, 9.17) is 0 Å². The van der Waals surface area contributed by atoms with E-state index in [0.29, 0.717) is 19.6 Å². The van der Waals surface area contributed by atoms with E-state index in [1.807, 2.05) is 0 Å². The van der Waals surface area contributed by atoms with Crippen molar-refractivity contribution in [3.63, 3.8) is 0 Å². The molecule has 0 aliphatic carbocycles. The number of rotatable bonds is 6. The van der Waals surface area contributed by atoms with Crippen LogP contribution in [0.25, 0.3) is 0 Å². The molecule has 4 nitrogen and oxygen atoms in total. The van der Waals surface area contributed by atoms with Crippen LogP contribution in [0.5, 0.6) is 0 Å². The van der Waals surface area contributed by atoms with E-state index in [2.05, 4.69) is 9.47 Å². The van der Waals surface area contributed by atoms with Crippen LogP contribution in [-0.4, -0.2) is 25.2 Å². The van der Waals surface area contributed by atoms with Crippen LogP contribution in [0.2, 0.25) is 0 Å². The predicted octanol–water partition coefficient (Wildman–Crippen LogP) is 1.10. The second-order valence-corrected chi connectivity index (χ2v) is 2.30. The topological polar surface area (TPSA) is 52.6 Å². The molecule has 0 bridgehead atoms. The summed E-state index contributed by atoms with van der Waals surface area (Å²) in [6, 6.07) is 0. The third-order valence-corrected chi connectivity index (χ3v) is 1.25. The summed E-state index contributed by atoms with van der Waals surface area (Å²) >= 11 is 0. The van der Waals surface area contributed by atoms with Gasteiger partial charge in [-0.3, -0.25) is 9.59 Å². The fourth-order valence-electron chi connectivity index (χ4n) is 0.742. The van der Waals surface area contributed by atoms with Crippen LogP contribution in [0.3, 0.4) is 0 Å². The van der Waals surface area contributed by atoms with Gasteiger partial charge in [0.2, 0.25) is 0 Å². The van der Waals surface area contributed by atoms with E-state index in [9.17, 15) is 9.59 Å². The Morgan fingerprint density at radius 2 is 1.77 bits per heavy atom. The summed E-state index contributed by atoms with van der Waals surface area (Å²) in [7, 11) is 0. The molecule has 0 aromatic heterocycles. The highest BCUT2D eigenvalue weighted by molar-refractivity contribution is 5.79. The van der Waals surface area contributed by atoms with Crippen molar-refractivity contribution in [1.29, 1.82) is 0 Å². The average molecular weight is 187 g/mol. The lowest BCUT2D eigenvalue weighted by Crippen LogP contribution is -2.08. The Morgan fingerprint density at radius 3 is 2.31 bits per heavy atom. The molecule has 0 rings (SSSR count). The van der Waals surface area contributed by atoms with Gasteiger partial charge in [-0.1, -0.05) is 0 Å². The first-order valence-corrected chi connectivity index (χ1v) is 4.36. The van der Waals surface area contributed by atoms with Gasteiger partial charge in [-0.25, -0.2) is 0 Å². The first-order valence-electron chi connectivity index (χ1n) is 4.36. The van der Waals surface area contributed by atoms with Crippen molar-refractivity contribution in [3.8, 4) is 0 Å². The molecule has 0 amide bonds. The van der Waals surface area contributed by atoms with E-state index < -0.39 is 0 Å². The highest BCUT2D eigenvalue weighted by Gasteiger charge is 2.05. The molecule has 0 heterocycles. The third kappa shape index (κ3) is 7.31. The van der Waals surface area contributed by atoms with Crippen LogP contribution >= 0.6 is 0 Å². The van der Waals surface area contributed by atoms with Crippen molar-refractivity contribution in [1.82, 2.24) is 0 Å². The highest BCUT2D eigenvalue weighted by atomic mass is 16.5. The van der Waals surface area contributed by atoms with Gasteiger partial charge in [0.05, 0.1) is 19.6 Å². The minimum Gasteiger partial charge on any atom is -0.466 e. The molecule has 0 aromatic carbocycles. The molecule has 13 heavy (non-hydrogen) atoms. The fourth-order valence-corrected chi connectivity index (χ4v) is 0.742. The number of carbonyl (C=O) groups excluding carboxylic acids is 2. The predicted molar refractivity (Wildman–Crippen MR) is 46.8 cm³/mol. The van der Waals surface area contributed by atoms with Crippen LogP contribution in [0.15, 0.2) is 0 Å². The molecule has 1 radical (unpaired) electrons. The zero-order valence-electron chi connectivity index (χ0n) is 8.04. The summed E-state index contributed by atoms with van der Waals surface area (Å²) in [5, 5.41) is 0. The third-order valence-electron chi connectivity index (χ3n) is 1.25. The zero-order chi connectivity index (χ0) is 10.1. The zero-order valence-corrected chi connectivity index (χ0v) is 8.04. The van der Waals surface area contributed by atoms with Crippen molar-refractivity contribution in [2.24, 2.45) is 0 Å². The van der Waals surface area contributed by atoms with Crippen LogP contribution in [0.1, 0.15) is 26.7 Å². The standard InChI is InChI=1S/C9H15O4/c1-3-12-8(10)6-5-7-9(11)13-4-2/h6H,3-5,7H2,1-2H3. The average Bonchev–Trinajstić information content (AvgIpc) is 2.05. The van der Waals surface area contributed by atoms with Gasteiger partial charge >= 0.3 is 11.9 Å². The van der Waals surface area contributed by atoms with Crippen molar-refractivity contribution in [2.45, 2.75) is 26.7 Å². The molecule has 0 aromatic rings. The Hall–Kier alpha value is -1.06. The SMILES string of the molecule is CCOC(=O)[CH]CCC(=O)OCC. The van der Waals surface area contributed by atoms with Gasteiger partial charge in [0.25, 0.3) is 0 Å². The summed E-state index contributed by atoms with van der Waals surface area (Å²) in [6.07, 6.45) is 1.95. The first kappa shape index (κ1) is 11.9. The lowest BCUT2D eigenvalue weighted by Gasteiger charge is -2.01. The minimum atomic E-state index is -0.383. The molecular formula is C9H15O4. The second kappa shape index (κ2) is 7.58. The Labute approximate surface area is 78.2 Å². The molecule has 0 saturated heterocycles. The molecule has 0 fully saturated rings. The van der Waals surface area contributed by atoms with E-state index in [0.717, 1.165) is 0 Å². The Morgan fingerprint density at radius 1 is 1.15 bits per heavy atom. The quantitative estimate of drug-likeness (QED) is 0.584. The number of hydrogen-bond acceptors (Lipinski definition) is 4. The fraction of sp³-hybridized carbons (Fsp3) is 0.667. The summed E-state index contributed by atoms with van der Waals surface area (Å²) < 4.78 is 9.31. The van der Waals surface area contributed by atoms with Crippen LogP contribution in [0.4, 0.5) is 0 Å². The molecule has 0 atom stereocenters. The maximum atomic E-state index is 10.8. The summed E-state index contributed by atoms with van der Waals surface area (Å²) in [5.41, 5.74) is 0. The van der Waals surface area contributed by atoms with Gasteiger partial charge in [-0.2, -0.15) is 0 Å². The Kier molecular flexibility index (Phi) is 6.96. The van der Waals surface area contributed by atoms with E-state index in [1.54, 1.807) is 13.8 Å². The van der Waals surface area contributed by atoms with Crippen LogP contribution in [0, 0.1) is 6.42 Å².